The Morgan fingerprint density at radius 3 is 2.44 bits per heavy atom. The van der Waals surface area contributed by atoms with E-state index in [0.29, 0.717) is 0 Å². The fourth-order valence-corrected chi connectivity index (χ4v) is 2.43. The van der Waals surface area contributed by atoms with Crippen LogP contribution in [0.15, 0.2) is 0 Å². The fourth-order valence-electron chi connectivity index (χ4n) is 1.88. The number of hydrogen-bond donors (Lipinski definition) is 1. The lowest BCUT2D eigenvalue weighted by Crippen LogP contribution is -2.20. The van der Waals surface area contributed by atoms with Crippen molar-refractivity contribution in [1.82, 2.24) is 5.32 Å². The minimum atomic E-state index is -0.626. The van der Waals surface area contributed by atoms with E-state index in [9.17, 15) is 4.21 Å². The van der Waals surface area contributed by atoms with Gasteiger partial charge in [-0.2, -0.15) is 0 Å². The van der Waals surface area contributed by atoms with Gasteiger partial charge in [0.2, 0.25) is 0 Å². The molecule has 2 atom stereocenters. The second-order valence-electron chi connectivity index (χ2n) is 4.59. The molecule has 16 heavy (non-hydrogen) atoms. The Labute approximate surface area is 104 Å². The van der Waals surface area contributed by atoms with E-state index in [2.05, 4.69) is 19.2 Å². The Bertz CT molecular complexity index is 173. The molecular formula is C13H29NOS. The normalized spacial score (nSPS) is 14.9. The molecular weight excluding hydrogens is 218 g/mol. The molecule has 98 valence electrons. The zero-order valence-electron chi connectivity index (χ0n) is 11.3. The van der Waals surface area contributed by atoms with Gasteiger partial charge in [0.15, 0.2) is 0 Å². The predicted molar refractivity (Wildman–Crippen MR) is 74.3 cm³/mol. The molecule has 0 bridgehead atoms. The third-order valence-corrected chi connectivity index (χ3v) is 3.92. The average molecular weight is 247 g/mol. The van der Waals surface area contributed by atoms with Gasteiger partial charge >= 0.3 is 0 Å². The maximum absolute atomic E-state index is 10.8. The maximum Gasteiger partial charge on any atom is 0.0244 e. The van der Waals surface area contributed by atoms with E-state index in [1.165, 1.54) is 32.1 Å². The van der Waals surface area contributed by atoms with Gasteiger partial charge in [0, 0.05) is 22.8 Å². The average Bonchev–Trinajstić information content (AvgIpc) is 2.26. The molecule has 0 aliphatic rings. The molecule has 2 nitrogen and oxygen atoms in total. The molecule has 0 aromatic heterocycles. The quantitative estimate of drug-likeness (QED) is 0.569. The Morgan fingerprint density at radius 2 is 1.88 bits per heavy atom. The first-order chi connectivity index (χ1) is 7.70. The van der Waals surface area contributed by atoms with Crippen molar-refractivity contribution < 1.29 is 4.21 Å². The topological polar surface area (TPSA) is 29.1 Å². The Balaban J connectivity index is 3.30. The standard InChI is InChI=1S/C13H29NOS/c1-4-6-8-13(5-2)9-11-14-10-7-12-16(3)15/h13-14H,4-12H2,1-3H3. The SMILES string of the molecule is CCCCC(CC)CCNCCCS(C)=O. The molecule has 1 N–H and O–H groups in total. The monoisotopic (exact) mass is 247 g/mol. The van der Waals surface area contributed by atoms with Crippen LogP contribution in [0.25, 0.3) is 0 Å². The third kappa shape index (κ3) is 10.6. The molecule has 0 radical (unpaired) electrons. The largest absolute Gasteiger partial charge is 0.317 e. The van der Waals surface area contributed by atoms with Gasteiger partial charge in [-0.15, -0.1) is 0 Å². The van der Waals surface area contributed by atoms with E-state index >= 15 is 0 Å². The number of nitrogens with one attached hydrogen (secondary N) is 1. The van der Waals surface area contributed by atoms with Crippen LogP contribution in [0.4, 0.5) is 0 Å². The van der Waals surface area contributed by atoms with Crippen molar-refractivity contribution in [2.24, 2.45) is 5.92 Å². The molecule has 0 aromatic carbocycles. The second kappa shape index (κ2) is 11.6. The second-order valence-corrected chi connectivity index (χ2v) is 6.14. The summed E-state index contributed by atoms with van der Waals surface area (Å²) in [7, 11) is -0.626. The summed E-state index contributed by atoms with van der Waals surface area (Å²) >= 11 is 0. The van der Waals surface area contributed by atoms with E-state index in [0.717, 1.165) is 31.2 Å². The van der Waals surface area contributed by atoms with Crippen LogP contribution in [0.5, 0.6) is 0 Å². The molecule has 0 aliphatic heterocycles. The maximum atomic E-state index is 10.8. The van der Waals surface area contributed by atoms with E-state index < -0.39 is 10.8 Å². The third-order valence-electron chi connectivity index (χ3n) is 3.06. The fraction of sp³-hybridized carbons (Fsp3) is 1.00. The summed E-state index contributed by atoms with van der Waals surface area (Å²) in [5.74, 6) is 1.73. The lowest BCUT2D eigenvalue weighted by Gasteiger charge is -2.14. The summed E-state index contributed by atoms with van der Waals surface area (Å²) in [6.45, 7) is 6.69. The van der Waals surface area contributed by atoms with Crippen molar-refractivity contribution in [2.75, 3.05) is 25.1 Å². The van der Waals surface area contributed by atoms with Crippen molar-refractivity contribution >= 4 is 10.8 Å². The molecule has 0 heterocycles. The van der Waals surface area contributed by atoms with Crippen LogP contribution in [0.3, 0.4) is 0 Å². The van der Waals surface area contributed by atoms with E-state index in [4.69, 9.17) is 0 Å². The summed E-state index contributed by atoms with van der Waals surface area (Å²) in [6, 6.07) is 0. The number of hydrogen-bond acceptors (Lipinski definition) is 2. The smallest absolute Gasteiger partial charge is 0.0244 e. The first-order valence-corrected chi connectivity index (χ1v) is 8.44. The van der Waals surface area contributed by atoms with Crippen LogP contribution in [0, 0.1) is 5.92 Å². The van der Waals surface area contributed by atoms with Crippen LogP contribution < -0.4 is 5.32 Å². The lowest BCUT2D eigenvalue weighted by molar-refractivity contribution is 0.410. The van der Waals surface area contributed by atoms with Gasteiger partial charge in [-0.05, 0) is 31.8 Å². The minimum absolute atomic E-state index is 0.626. The highest BCUT2D eigenvalue weighted by Gasteiger charge is 2.04. The van der Waals surface area contributed by atoms with Crippen LogP contribution in [0.2, 0.25) is 0 Å². The zero-order chi connectivity index (χ0) is 12.2. The molecule has 0 rings (SSSR count). The highest BCUT2D eigenvalue weighted by molar-refractivity contribution is 7.84. The van der Waals surface area contributed by atoms with Crippen LogP contribution in [-0.2, 0) is 10.8 Å². The number of unbranched alkanes of at least 4 members (excludes halogenated alkanes) is 1. The molecule has 0 aromatic rings. The van der Waals surface area contributed by atoms with Crippen molar-refractivity contribution in [1.29, 1.82) is 0 Å². The predicted octanol–water partition coefficient (Wildman–Crippen LogP) is 2.95. The van der Waals surface area contributed by atoms with Gasteiger partial charge in [0.05, 0.1) is 0 Å². The Kier molecular flexibility index (Phi) is 11.7. The first-order valence-electron chi connectivity index (χ1n) is 6.71. The zero-order valence-corrected chi connectivity index (χ0v) is 12.1. The summed E-state index contributed by atoms with van der Waals surface area (Å²) in [4.78, 5) is 0. The van der Waals surface area contributed by atoms with Gasteiger partial charge in [0.25, 0.3) is 0 Å². The van der Waals surface area contributed by atoms with E-state index in [1.54, 1.807) is 6.26 Å². The van der Waals surface area contributed by atoms with E-state index in [1.807, 2.05) is 0 Å². The molecule has 0 amide bonds. The summed E-state index contributed by atoms with van der Waals surface area (Å²) < 4.78 is 10.8. The van der Waals surface area contributed by atoms with Crippen molar-refractivity contribution in [3.05, 3.63) is 0 Å². The Morgan fingerprint density at radius 1 is 1.12 bits per heavy atom. The highest BCUT2D eigenvalue weighted by atomic mass is 32.2. The van der Waals surface area contributed by atoms with Crippen LogP contribution in [-0.4, -0.2) is 29.3 Å². The molecule has 0 saturated heterocycles. The molecule has 0 saturated carbocycles. The summed E-state index contributed by atoms with van der Waals surface area (Å²) in [5.41, 5.74) is 0. The number of rotatable bonds is 11. The molecule has 3 heteroatoms. The molecule has 0 aliphatic carbocycles. The lowest BCUT2D eigenvalue weighted by atomic mass is 9.96. The highest BCUT2D eigenvalue weighted by Crippen LogP contribution is 2.15. The van der Waals surface area contributed by atoms with E-state index in [-0.39, 0.29) is 0 Å². The summed E-state index contributed by atoms with van der Waals surface area (Å²) in [6.07, 6.45) is 9.48. The van der Waals surface area contributed by atoms with Gasteiger partial charge in [-0.3, -0.25) is 4.21 Å². The van der Waals surface area contributed by atoms with Gasteiger partial charge in [-0.1, -0.05) is 39.5 Å². The van der Waals surface area contributed by atoms with Crippen molar-refractivity contribution in [3.63, 3.8) is 0 Å². The Hall–Kier alpha value is 0.110. The molecule has 0 spiro atoms. The molecule has 2 unspecified atom stereocenters. The van der Waals surface area contributed by atoms with Crippen molar-refractivity contribution in [3.8, 4) is 0 Å². The minimum Gasteiger partial charge on any atom is -0.317 e. The van der Waals surface area contributed by atoms with Gasteiger partial charge < -0.3 is 5.32 Å². The first kappa shape index (κ1) is 16.1. The van der Waals surface area contributed by atoms with Gasteiger partial charge in [0.1, 0.15) is 0 Å². The van der Waals surface area contributed by atoms with Gasteiger partial charge in [-0.25, -0.2) is 0 Å². The van der Waals surface area contributed by atoms with Crippen molar-refractivity contribution in [2.45, 2.75) is 52.4 Å². The summed E-state index contributed by atoms with van der Waals surface area (Å²) in [5, 5.41) is 3.45. The van der Waals surface area contributed by atoms with Crippen LogP contribution in [0.1, 0.15) is 52.4 Å². The molecule has 0 fully saturated rings. The van der Waals surface area contributed by atoms with Crippen LogP contribution >= 0.6 is 0 Å².